The highest BCUT2D eigenvalue weighted by Crippen LogP contribution is 2.06. The van der Waals surface area contributed by atoms with Gasteiger partial charge >= 0.3 is 6.09 Å². The van der Waals surface area contributed by atoms with E-state index in [0.717, 1.165) is 32.4 Å². The molecule has 0 bridgehead atoms. The Morgan fingerprint density at radius 2 is 1.74 bits per heavy atom. The Kier molecular flexibility index (Phi) is 8.19. The quantitative estimate of drug-likeness (QED) is 0.775. The highest BCUT2D eigenvalue weighted by molar-refractivity contribution is 5.82. The highest BCUT2D eigenvalue weighted by atomic mass is 16.6. The first-order valence-electron chi connectivity index (χ1n) is 7.04. The van der Waals surface area contributed by atoms with Crippen LogP contribution in [0.25, 0.3) is 0 Å². The normalized spacial score (nSPS) is 11.0. The molecular weight excluding hydrogens is 244 g/mol. The zero-order chi connectivity index (χ0) is 14.9. The monoisotopic (exact) mass is 272 g/mol. The third-order valence-corrected chi connectivity index (χ3v) is 2.41. The van der Waals surface area contributed by atoms with Crippen LogP contribution in [0.4, 0.5) is 4.79 Å². The molecule has 0 saturated carbocycles. The third-order valence-electron chi connectivity index (χ3n) is 2.41. The van der Waals surface area contributed by atoms with Crippen molar-refractivity contribution < 1.29 is 14.3 Å². The summed E-state index contributed by atoms with van der Waals surface area (Å²) in [7, 11) is 0. The first-order chi connectivity index (χ1) is 8.80. The number of amides is 2. The van der Waals surface area contributed by atoms with Crippen molar-refractivity contribution in [2.75, 3.05) is 19.6 Å². The molecule has 0 spiro atoms. The van der Waals surface area contributed by atoms with Gasteiger partial charge in [0.2, 0.25) is 5.91 Å². The highest BCUT2D eigenvalue weighted by Gasteiger charge is 2.18. The van der Waals surface area contributed by atoms with Gasteiger partial charge < -0.3 is 15.0 Å². The van der Waals surface area contributed by atoms with E-state index in [1.807, 2.05) is 6.92 Å². The molecule has 2 amide bonds. The molecule has 5 nitrogen and oxygen atoms in total. The van der Waals surface area contributed by atoms with Crippen molar-refractivity contribution in [1.29, 1.82) is 0 Å². The predicted molar refractivity (Wildman–Crippen MR) is 76.0 cm³/mol. The van der Waals surface area contributed by atoms with E-state index in [9.17, 15) is 9.59 Å². The molecule has 0 aliphatic rings. The second-order valence-corrected chi connectivity index (χ2v) is 5.59. The lowest BCUT2D eigenvalue weighted by atomic mass is 10.2. The van der Waals surface area contributed by atoms with Gasteiger partial charge in [-0.05, 0) is 33.6 Å². The number of unbranched alkanes of at least 4 members (excludes halogenated alkanes) is 1. The lowest BCUT2D eigenvalue weighted by molar-refractivity contribution is -0.130. The van der Waals surface area contributed by atoms with E-state index in [0.29, 0.717) is 0 Å². The summed E-state index contributed by atoms with van der Waals surface area (Å²) < 4.78 is 5.09. The fourth-order valence-electron chi connectivity index (χ4n) is 1.55. The molecule has 0 saturated heterocycles. The predicted octanol–water partition coefficient (Wildman–Crippen LogP) is 2.55. The van der Waals surface area contributed by atoms with Crippen molar-refractivity contribution in [3.8, 4) is 0 Å². The summed E-state index contributed by atoms with van der Waals surface area (Å²) in [5.74, 6) is -0.0545. The molecule has 0 aromatic heterocycles. The fourth-order valence-corrected chi connectivity index (χ4v) is 1.55. The lowest BCUT2D eigenvalue weighted by Crippen LogP contribution is -2.42. The second kappa shape index (κ2) is 8.77. The van der Waals surface area contributed by atoms with Crippen molar-refractivity contribution in [2.45, 2.75) is 59.5 Å². The van der Waals surface area contributed by atoms with E-state index in [1.165, 1.54) is 0 Å². The van der Waals surface area contributed by atoms with Crippen molar-refractivity contribution >= 4 is 12.0 Å². The van der Waals surface area contributed by atoms with Crippen molar-refractivity contribution in [3.63, 3.8) is 0 Å². The summed E-state index contributed by atoms with van der Waals surface area (Å²) in [6.45, 7) is 11.0. The summed E-state index contributed by atoms with van der Waals surface area (Å²) in [5.41, 5.74) is -0.543. The minimum Gasteiger partial charge on any atom is -0.444 e. The van der Waals surface area contributed by atoms with Gasteiger partial charge in [0.25, 0.3) is 0 Å². The maximum Gasteiger partial charge on any atom is 0.408 e. The Morgan fingerprint density at radius 3 is 2.21 bits per heavy atom. The first-order valence-corrected chi connectivity index (χ1v) is 7.04. The van der Waals surface area contributed by atoms with Crippen LogP contribution in [0.3, 0.4) is 0 Å². The lowest BCUT2D eigenvalue weighted by Gasteiger charge is -2.23. The number of nitrogens with zero attached hydrogens (tertiary/aromatic N) is 1. The zero-order valence-electron chi connectivity index (χ0n) is 12.9. The van der Waals surface area contributed by atoms with E-state index in [2.05, 4.69) is 12.2 Å². The summed E-state index contributed by atoms with van der Waals surface area (Å²) in [4.78, 5) is 25.2. The molecule has 0 fully saturated rings. The molecule has 0 atom stereocenters. The number of carbonyl (C=O) groups is 2. The average Bonchev–Trinajstić information content (AvgIpc) is 2.29. The molecule has 0 aliphatic heterocycles. The second-order valence-electron chi connectivity index (χ2n) is 5.59. The van der Waals surface area contributed by atoms with E-state index in [4.69, 9.17) is 4.74 Å². The topological polar surface area (TPSA) is 58.6 Å². The van der Waals surface area contributed by atoms with E-state index in [-0.39, 0.29) is 12.5 Å². The number of hydrogen-bond acceptors (Lipinski definition) is 3. The van der Waals surface area contributed by atoms with Gasteiger partial charge in [0.1, 0.15) is 12.1 Å². The maximum absolute atomic E-state index is 12.0. The molecule has 1 N–H and O–H groups in total. The zero-order valence-corrected chi connectivity index (χ0v) is 12.9. The fraction of sp³-hybridized carbons (Fsp3) is 0.857. The number of alkyl carbamates (subject to hydrolysis) is 1. The molecule has 0 unspecified atom stereocenters. The molecule has 0 radical (unpaired) electrons. The summed E-state index contributed by atoms with van der Waals surface area (Å²) in [6.07, 6.45) is 2.40. The van der Waals surface area contributed by atoms with Gasteiger partial charge in [-0.2, -0.15) is 0 Å². The molecule has 0 aromatic rings. The number of hydrogen-bond donors (Lipinski definition) is 1. The Morgan fingerprint density at radius 1 is 1.11 bits per heavy atom. The standard InChI is InChI=1S/C14H28N2O3/c1-6-8-10-16(9-7-2)12(17)11-15-13(18)19-14(3,4)5/h6-11H2,1-5H3,(H,15,18). The van der Waals surface area contributed by atoms with Crippen LogP contribution in [0.1, 0.15) is 53.9 Å². The van der Waals surface area contributed by atoms with Gasteiger partial charge in [0.15, 0.2) is 0 Å². The van der Waals surface area contributed by atoms with Crippen LogP contribution in [0.5, 0.6) is 0 Å². The van der Waals surface area contributed by atoms with E-state index in [1.54, 1.807) is 25.7 Å². The van der Waals surface area contributed by atoms with Gasteiger partial charge in [-0.3, -0.25) is 4.79 Å². The molecule has 0 aliphatic carbocycles. The van der Waals surface area contributed by atoms with Crippen LogP contribution in [0.2, 0.25) is 0 Å². The maximum atomic E-state index is 12.0. The Hall–Kier alpha value is -1.26. The minimum absolute atomic E-state index is 0.00136. The van der Waals surface area contributed by atoms with E-state index >= 15 is 0 Å². The van der Waals surface area contributed by atoms with Crippen LogP contribution in [-0.4, -0.2) is 42.1 Å². The molecule has 112 valence electrons. The van der Waals surface area contributed by atoms with Gasteiger partial charge in [-0.25, -0.2) is 4.79 Å². The van der Waals surface area contributed by atoms with Crippen LogP contribution in [-0.2, 0) is 9.53 Å². The SMILES string of the molecule is CCCCN(CCC)C(=O)CNC(=O)OC(C)(C)C. The van der Waals surface area contributed by atoms with Crippen molar-refractivity contribution in [3.05, 3.63) is 0 Å². The molecule has 0 heterocycles. The molecule has 0 aromatic carbocycles. The third kappa shape index (κ3) is 9.33. The molecule has 0 rings (SSSR count). The van der Waals surface area contributed by atoms with Gasteiger partial charge in [-0.15, -0.1) is 0 Å². The summed E-state index contributed by atoms with van der Waals surface area (Å²) in [5, 5.41) is 2.50. The Labute approximate surface area is 116 Å². The van der Waals surface area contributed by atoms with Crippen LogP contribution in [0.15, 0.2) is 0 Å². The average molecular weight is 272 g/mol. The molecule has 19 heavy (non-hydrogen) atoms. The van der Waals surface area contributed by atoms with E-state index < -0.39 is 11.7 Å². The van der Waals surface area contributed by atoms with Gasteiger partial charge in [0, 0.05) is 13.1 Å². The molecule has 5 heteroatoms. The molecular formula is C14H28N2O3. The van der Waals surface area contributed by atoms with Crippen LogP contribution in [0, 0.1) is 0 Å². The number of rotatable bonds is 7. The van der Waals surface area contributed by atoms with Crippen molar-refractivity contribution in [2.24, 2.45) is 0 Å². The van der Waals surface area contributed by atoms with Gasteiger partial charge in [0.05, 0.1) is 0 Å². The number of carbonyl (C=O) groups excluding carboxylic acids is 2. The number of nitrogens with one attached hydrogen (secondary N) is 1. The number of ether oxygens (including phenoxy) is 1. The summed E-state index contributed by atoms with van der Waals surface area (Å²) >= 11 is 0. The smallest absolute Gasteiger partial charge is 0.408 e. The van der Waals surface area contributed by atoms with Crippen LogP contribution >= 0.6 is 0 Å². The first kappa shape index (κ1) is 17.7. The van der Waals surface area contributed by atoms with Crippen molar-refractivity contribution in [1.82, 2.24) is 10.2 Å². The largest absolute Gasteiger partial charge is 0.444 e. The Balaban J connectivity index is 4.14. The Bertz CT molecular complexity index is 285. The summed E-state index contributed by atoms with van der Waals surface area (Å²) in [6, 6.07) is 0. The minimum atomic E-state index is -0.548. The van der Waals surface area contributed by atoms with Gasteiger partial charge in [-0.1, -0.05) is 20.3 Å². The van der Waals surface area contributed by atoms with Crippen LogP contribution < -0.4 is 5.32 Å².